The molecule has 4 nitrogen and oxygen atoms in total. The monoisotopic (exact) mass is 320 g/mol. The highest BCUT2D eigenvalue weighted by atomic mass is 79.9. The van der Waals surface area contributed by atoms with Crippen LogP contribution in [0.5, 0.6) is 0 Å². The molecular weight excluding hydrogens is 304 g/mol. The third kappa shape index (κ3) is 4.39. The minimum atomic E-state index is -3.43. The van der Waals surface area contributed by atoms with Crippen molar-refractivity contribution in [3.05, 3.63) is 28.2 Å². The summed E-state index contributed by atoms with van der Waals surface area (Å²) >= 11 is 3.25. The summed E-state index contributed by atoms with van der Waals surface area (Å²) < 4.78 is 27.1. The Morgan fingerprint density at radius 2 is 2.06 bits per heavy atom. The number of hydrogen-bond donors (Lipinski definition) is 2. The number of hydrogen-bond acceptors (Lipinski definition) is 3. The van der Waals surface area contributed by atoms with Crippen molar-refractivity contribution in [1.29, 1.82) is 0 Å². The first-order chi connectivity index (χ1) is 7.97. The molecule has 0 spiro atoms. The number of aryl methyl sites for hydroxylation is 1. The fourth-order valence-electron chi connectivity index (χ4n) is 1.37. The van der Waals surface area contributed by atoms with Gasteiger partial charge in [-0.3, -0.25) is 0 Å². The molecule has 1 aromatic carbocycles. The van der Waals surface area contributed by atoms with E-state index >= 15 is 0 Å². The van der Waals surface area contributed by atoms with Gasteiger partial charge >= 0.3 is 0 Å². The van der Waals surface area contributed by atoms with Crippen molar-refractivity contribution in [3.63, 3.8) is 0 Å². The Morgan fingerprint density at radius 1 is 1.35 bits per heavy atom. The topological polar surface area (TPSA) is 72.2 Å². The van der Waals surface area contributed by atoms with E-state index in [0.29, 0.717) is 17.6 Å². The summed E-state index contributed by atoms with van der Waals surface area (Å²) in [4.78, 5) is 0.283. The highest BCUT2D eigenvalue weighted by Gasteiger charge is 2.16. The molecule has 0 saturated carbocycles. The van der Waals surface area contributed by atoms with E-state index in [0.717, 1.165) is 18.4 Å². The molecule has 0 amide bonds. The third-order valence-corrected chi connectivity index (χ3v) is 4.75. The molecule has 3 N–H and O–H groups in total. The molecule has 0 unspecified atom stereocenters. The molecule has 1 rings (SSSR count). The lowest BCUT2D eigenvalue weighted by Crippen LogP contribution is -2.25. The summed E-state index contributed by atoms with van der Waals surface area (Å²) in [6, 6.07) is 5.25. The maximum Gasteiger partial charge on any atom is 0.241 e. The van der Waals surface area contributed by atoms with Crippen molar-refractivity contribution >= 4 is 26.0 Å². The van der Waals surface area contributed by atoms with E-state index in [1.54, 1.807) is 12.1 Å². The van der Waals surface area contributed by atoms with E-state index in [1.165, 1.54) is 0 Å². The number of nitrogens with one attached hydrogen (secondary N) is 1. The van der Waals surface area contributed by atoms with Crippen LogP contribution in [0.1, 0.15) is 18.4 Å². The summed E-state index contributed by atoms with van der Waals surface area (Å²) in [6.45, 7) is 2.86. The number of benzene rings is 1. The van der Waals surface area contributed by atoms with E-state index in [9.17, 15) is 8.42 Å². The molecule has 96 valence electrons. The first-order valence-electron chi connectivity index (χ1n) is 5.43. The van der Waals surface area contributed by atoms with Crippen molar-refractivity contribution in [1.82, 2.24) is 4.72 Å². The van der Waals surface area contributed by atoms with Gasteiger partial charge in [0.2, 0.25) is 10.0 Å². The van der Waals surface area contributed by atoms with Gasteiger partial charge in [-0.05, 0) is 59.9 Å². The minimum Gasteiger partial charge on any atom is -0.330 e. The first kappa shape index (κ1) is 14.6. The Hall–Kier alpha value is -0.430. The van der Waals surface area contributed by atoms with Gasteiger partial charge in [0.25, 0.3) is 0 Å². The smallest absolute Gasteiger partial charge is 0.241 e. The molecule has 6 heteroatoms. The van der Waals surface area contributed by atoms with Crippen molar-refractivity contribution in [3.8, 4) is 0 Å². The summed E-state index contributed by atoms with van der Waals surface area (Å²) in [7, 11) is -3.43. The van der Waals surface area contributed by atoms with Crippen LogP contribution in [0.3, 0.4) is 0 Å². The predicted molar refractivity (Wildman–Crippen MR) is 72.4 cm³/mol. The van der Waals surface area contributed by atoms with Gasteiger partial charge in [-0.25, -0.2) is 13.1 Å². The average molecular weight is 321 g/mol. The van der Waals surface area contributed by atoms with E-state index in [4.69, 9.17) is 5.73 Å². The summed E-state index contributed by atoms with van der Waals surface area (Å²) in [6.07, 6.45) is 1.57. The average Bonchev–Trinajstić information content (AvgIpc) is 2.28. The summed E-state index contributed by atoms with van der Waals surface area (Å²) in [5, 5.41) is 0. The van der Waals surface area contributed by atoms with Gasteiger partial charge in [0.15, 0.2) is 0 Å². The zero-order valence-corrected chi connectivity index (χ0v) is 12.1. The van der Waals surface area contributed by atoms with E-state index in [-0.39, 0.29) is 4.90 Å². The van der Waals surface area contributed by atoms with Crippen molar-refractivity contribution in [2.45, 2.75) is 24.7 Å². The second-order valence-electron chi connectivity index (χ2n) is 3.83. The van der Waals surface area contributed by atoms with Crippen LogP contribution in [0.2, 0.25) is 0 Å². The maximum absolute atomic E-state index is 12.0. The number of nitrogens with two attached hydrogens (primary N) is 1. The second kappa shape index (κ2) is 6.49. The maximum atomic E-state index is 12.0. The van der Waals surface area contributed by atoms with Crippen LogP contribution >= 0.6 is 15.9 Å². The Morgan fingerprint density at radius 3 is 2.71 bits per heavy atom. The molecule has 0 bridgehead atoms. The molecule has 0 aliphatic heterocycles. The van der Waals surface area contributed by atoms with Crippen LogP contribution < -0.4 is 10.5 Å². The first-order valence-corrected chi connectivity index (χ1v) is 7.71. The zero-order chi connectivity index (χ0) is 12.9. The minimum absolute atomic E-state index is 0.283. The van der Waals surface area contributed by atoms with Crippen LogP contribution in [0, 0.1) is 6.92 Å². The lowest BCUT2D eigenvalue weighted by Gasteiger charge is -2.09. The molecule has 0 atom stereocenters. The van der Waals surface area contributed by atoms with Gasteiger partial charge in [-0.1, -0.05) is 6.07 Å². The van der Waals surface area contributed by atoms with Crippen LogP contribution in [0.4, 0.5) is 0 Å². The van der Waals surface area contributed by atoms with Crippen molar-refractivity contribution in [2.75, 3.05) is 13.1 Å². The molecular formula is C11H17BrN2O2S. The summed E-state index contributed by atoms with van der Waals surface area (Å²) in [5.74, 6) is 0. The fraction of sp³-hybridized carbons (Fsp3) is 0.455. The number of halogens is 1. The van der Waals surface area contributed by atoms with Crippen molar-refractivity contribution in [2.24, 2.45) is 5.73 Å². The van der Waals surface area contributed by atoms with E-state index in [1.807, 2.05) is 13.0 Å². The van der Waals surface area contributed by atoms with Gasteiger partial charge in [0, 0.05) is 11.0 Å². The van der Waals surface area contributed by atoms with Crippen LogP contribution in [0.15, 0.2) is 27.6 Å². The van der Waals surface area contributed by atoms with E-state index in [2.05, 4.69) is 20.7 Å². The zero-order valence-electron chi connectivity index (χ0n) is 9.74. The third-order valence-electron chi connectivity index (χ3n) is 2.30. The molecule has 1 aromatic rings. The van der Waals surface area contributed by atoms with Gasteiger partial charge in [0.1, 0.15) is 0 Å². The second-order valence-corrected chi connectivity index (χ2v) is 6.42. The molecule has 0 aromatic heterocycles. The van der Waals surface area contributed by atoms with E-state index < -0.39 is 10.0 Å². The van der Waals surface area contributed by atoms with Crippen LogP contribution in [0.25, 0.3) is 0 Å². The number of sulfonamides is 1. The predicted octanol–water partition coefficient (Wildman–Crippen LogP) is 1.77. The number of rotatable bonds is 6. The fourth-order valence-corrected chi connectivity index (χ4v) is 3.49. The molecule has 0 radical (unpaired) electrons. The molecule has 0 aliphatic rings. The Labute approximate surface area is 111 Å². The highest BCUT2D eigenvalue weighted by Crippen LogP contribution is 2.22. The van der Waals surface area contributed by atoms with Crippen LogP contribution in [-0.2, 0) is 10.0 Å². The Balaban J connectivity index is 2.79. The molecule has 0 saturated heterocycles. The van der Waals surface area contributed by atoms with Crippen LogP contribution in [-0.4, -0.2) is 21.5 Å². The Kier molecular flexibility index (Phi) is 5.58. The number of unbranched alkanes of at least 4 members (excludes halogenated alkanes) is 1. The molecule has 0 aliphatic carbocycles. The van der Waals surface area contributed by atoms with Gasteiger partial charge in [-0.15, -0.1) is 0 Å². The standard InChI is InChI=1S/C11H17BrN2O2S/c1-9-4-5-10(12)11(8-9)17(15,16)14-7-3-2-6-13/h4-5,8,14H,2-3,6-7,13H2,1H3. The quantitative estimate of drug-likeness (QED) is 0.785. The lowest BCUT2D eigenvalue weighted by molar-refractivity contribution is 0.576. The van der Waals surface area contributed by atoms with Gasteiger partial charge in [-0.2, -0.15) is 0 Å². The van der Waals surface area contributed by atoms with Gasteiger partial charge < -0.3 is 5.73 Å². The Bertz CT molecular complexity index is 474. The highest BCUT2D eigenvalue weighted by molar-refractivity contribution is 9.10. The largest absolute Gasteiger partial charge is 0.330 e. The SMILES string of the molecule is Cc1ccc(Br)c(S(=O)(=O)NCCCCN)c1. The molecule has 17 heavy (non-hydrogen) atoms. The molecule has 0 fully saturated rings. The van der Waals surface area contributed by atoms with Gasteiger partial charge in [0.05, 0.1) is 4.90 Å². The normalized spacial score (nSPS) is 11.7. The molecule has 0 heterocycles. The van der Waals surface area contributed by atoms with Crippen molar-refractivity contribution < 1.29 is 8.42 Å². The summed E-state index contributed by atoms with van der Waals surface area (Å²) in [5.41, 5.74) is 6.26. The lowest BCUT2D eigenvalue weighted by atomic mass is 10.2.